The minimum absolute atomic E-state index is 0.135. The largest absolute Gasteiger partial charge is 0.309 e. The van der Waals surface area contributed by atoms with Crippen molar-refractivity contribution in [1.29, 1.82) is 0 Å². The molecule has 112 valence electrons. The molecular formula is C16H24F2N2. The highest BCUT2D eigenvalue weighted by molar-refractivity contribution is 5.23. The van der Waals surface area contributed by atoms with E-state index in [9.17, 15) is 8.78 Å². The third-order valence-corrected chi connectivity index (χ3v) is 3.89. The van der Waals surface area contributed by atoms with E-state index in [2.05, 4.69) is 17.1 Å². The van der Waals surface area contributed by atoms with Gasteiger partial charge in [0, 0.05) is 18.2 Å². The molecule has 1 aromatic carbocycles. The number of rotatable bonds is 6. The Morgan fingerprint density at radius 3 is 2.65 bits per heavy atom. The minimum Gasteiger partial charge on any atom is -0.309 e. The lowest BCUT2D eigenvalue weighted by molar-refractivity contribution is 0.203. The maximum Gasteiger partial charge on any atom is 0.163 e. The second-order valence-corrected chi connectivity index (χ2v) is 5.51. The summed E-state index contributed by atoms with van der Waals surface area (Å²) in [5.74, 6) is -1.47. The summed E-state index contributed by atoms with van der Waals surface area (Å²) in [6, 6.07) is 4.32. The Kier molecular flexibility index (Phi) is 5.92. The van der Waals surface area contributed by atoms with E-state index >= 15 is 0 Å². The SMILES string of the molecule is CCCNC(CN1CCCCC1)c1cccc(F)c1F. The van der Waals surface area contributed by atoms with Gasteiger partial charge in [-0.25, -0.2) is 8.78 Å². The van der Waals surface area contributed by atoms with Gasteiger partial charge in [0.1, 0.15) is 0 Å². The first-order valence-electron chi connectivity index (χ1n) is 7.62. The van der Waals surface area contributed by atoms with Gasteiger partial charge in [0.05, 0.1) is 0 Å². The fourth-order valence-electron chi connectivity index (χ4n) is 2.78. The fourth-order valence-corrected chi connectivity index (χ4v) is 2.78. The van der Waals surface area contributed by atoms with E-state index in [4.69, 9.17) is 0 Å². The predicted molar refractivity (Wildman–Crippen MR) is 77.7 cm³/mol. The van der Waals surface area contributed by atoms with Gasteiger partial charge < -0.3 is 10.2 Å². The summed E-state index contributed by atoms with van der Waals surface area (Å²) >= 11 is 0. The van der Waals surface area contributed by atoms with Crippen molar-refractivity contribution in [2.45, 2.75) is 38.6 Å². The highest BCUT2D eigenvalue weighted by Gasteiger charge is 2.21. The van der Waals surface area contributed by atoms with Crippen molar-refractivity contribution in [2.75, 3.05) is 26.2 Å². The molecular weight excluding hydrogens is 258 g/mol. The second-order valence-electron chi connectivity index (χ2n) is 5.51. The van der Waals surface area contributed by atoms with Crippen molar-refractivity contribution < 1.29 is 8.78 Å². The Balaban J connectivity index is 2.11. The summed E-state index contributed by atoms with van der Waals surface area (Å²) in [5.41, 5.74) is 0.448. The number of likely N-dealkylation sites (tertiary alicyclic amines) is 1. The first-order chi connectivity index (χ1) is 9.72. The van der Waals surface area contributed by atoms with E-state index in [-0.39, 0.29) is 6.04 Å². The smallest absolute Gasteiger partial charge is 0.163 e. The summed E-state index contributed by atoms with van der Waals surface area (Å²) in [6.07, 6.45) is 4.66. The first-order valence-corrected chi connectivity index (χ1v) is 7.62. The molecule has 1 heterocycles. The third-order valence-electron chi connectivity index (χ3n) is 3.89. The number of benzene rings is 1. The second kappa shape index (κ2) is 7.70. The molecule has 1 saturated heterocycles. The zero-order valence-electron chi connectivity index (χ0n) is 12.2. The van der Waals surface area contributed by atoms with Crippen molar-refractivity contribution in [3.8, 4) is 0 Å². The molecule has 1 aliphatic rings. The van der Waals surface area contributed by atoms with E-state index in [1.54, 1.807) is 12.1 Å². The molecule has 1 N–H and O–H groups in total. The molecule has 20 heavy (non-hydrogen) atoms. The number of piperidine rings is 1. The van der Waals surface area contributed by atoms with E-state index in [1.807, 2.05) is 0 Å². The normalized spacial score (nSPS) is 18.1. The Labute approximate surface area is 120 Å². The van der Waals surface area contributed by atoms with E-state index in [0.29, 0.717) is 5.56 Å². The lowest BCUT2D eigenvalue weighted by Gasteiger charge is -2.31. The summed E-state index contributed by atoms with van der Waals surface area (Å²) in [5, 5.41) is 3.35. The van der Waals surface area contributed by atoms with Crippen LogP contribution in [-0.4, -0.2) is 31.1 Å². The van der Waals surface area contributed by atoms with Crippen LogP contribution in [0.25, 0.3) is 0 Å². The van der Waals surface area contributed by atoms with Crippen LogP contribution in [0.15, 0.2) is 18.2 Å². The molecule has 0 radical (unpaired) electrons. The molecule has 1 aromatic rings. The van der Waals surface area contributed by atoms with E-state index in [1.165, 1.54) is 25.3 Å². The van der Waals surface area contributed by atoms with Gasteiger partial charge in [-0.3, -0.25) is 0 Å². The first kappa shape index (κ1) is 15.4. The van der Waals surface area contributed by atoms with Crippen LogP contribution in [0.1, 0.15) is 44.2 Å². The van der Waals surface area contributed by atoms with Crippen molar-refractivity contribution in [3.05, 3.63) is 35.4 Å². The van der Waals surface area contributed by atoms with Gasteiger partial charge in [0.15, 0.2) is 11.6 Å². The fraction of sp³-hybridized carbons (Fsp3) is 0.625. The van der Waals surface area contributed by atoms with Crippen LogP contribution in [-0.2, 0) is 0 Å². The van der Waals surface area contributed by atoms with Crippen molar-refractivity contribution in [2.24, 2.45) is 0 Å². The molecule has 4 heteroatoms. The predicted octanol–water partition coefficient (Wildman–Crippen LogP) is 3.49. The van der Waals surface area contributed by atoms with Crippen LogP contribution in [0.4, 0.5) is 8.78 Å². The average Bonchev–Trinajstić information content (AvgIpc) is 2.48. The molecule has 1 aliphatic heterocycles. The number of nitrogens with zero attached hydrogens (tertiary/aromatic N) is 1. The molecule has 0 amide bonds. The Morgan fingerprint density at radius 1 is 1.20 bits per heavy atom. The van der Waals surface area contributed by atoms with Crippen LogP contribution in [0.3, 0.4) is 0 Å². The Hall–Kier alpha value is -1.00. The third kappa shape index (κ3) is 4.00. The summed E-state index contributed by atoms with van der Waals surface area (Å²) in [6.45, 7) is 5.75. The van der Waals surface area contributed by atoms with Crippen LogP contribution in [0.2, 0.25) is 0 Å². The Morgan fingerprint density at radius 2 is 1.95 bits per heavy atom. The monoisotopic (exact) mass is 282 g/mol. The van der Waals surface area contributed by atoms with Gasteiger partial charge in [-0.05, 0) is 45.0 Å². The van der Waals surface area contributed by atoms with Crippen molar-refractivity contribution in [1.82, 2.24) is 10.2 Å². The molecule has 0 aliphatic carbocycles. The van der Waals surface area contributed by atoms with Crippen molar-refractivity contribution in [3.63, 3.8) is 0 Å². The molecule has 1 atom stereocenters. The zero-order valence-corrected chi connectivity index (χ0v) is 12.2. The van der Waals surface area contributed by atoms with E-state index in [0.717, 1.165) is 32.6 Å². The number of halogens is 2. The van der Waals surface area contributed by atoms with Gasteiger partial charge in [-0.15, -0.1) is 0 Å². The molecule has 2 nitrogen and oxygen atoms in total. The molecule has 1 unspecified atom stereocenters. The average molecular weight is 282 g/mol. The summed E-state index contributed by atoms with van der Waals surface area (Å²) < 4.78 is 27.4. The number of hydrogen-bond donors (Lipinski definition) is 1. The van der Waals surface area contributed by atoms with Crippen molar-refractivity contribution >= 4 is 0 Å². The standard InChI is InChI=1S/C16H24F2N2/c1-2-9-19-15(12-20-10-4-3-5-11-20)13-7-6-8-14(17)16(13)18/h6-8,15,19H,2-5,9-12H2,1H3. The molecule has 0 aromatic heterocycles. The number of nitrogens with one attached hydrogen (secondary N) is 1. The topological polar surface area (TPSA) is 15.3 Å². The molecule has 0 saturated carbocycles. The lowest BCUT2D eigenvalue weighted by atomic mass is 10.0. The molecule has 2 rings (SSSR count). The van der Waals surface area contributed by atoms with Crippen LogP contribution >= 0.6 is 0 Å². The van der Waals surface area contributed by atoms with Crippen LogP contribution in [0, 0.1) is 11.6 Å². The molecule has 0 spiro atoms. The van der Waals surface area contributed by atoms with Gasteiger partial charge in [-0.2, -0.15) is 0 Å². The molecule has 0 bridgehead atoms. The van der Waals surface area contributed by atoms with Gasteiger partial charge >= 0.3 is 0 Å². The van der Waals surface area contributed by atoms with Gasteiger partial charge in [0.2, 0.25) is 0 Å². The van der Waals surface area contributed by atoms with Gasteiger partial charge in [-0.1, -0.05) is 25.5 Å². The zero-order chi connectivity index (χ0) is 14.4. The Bertz CT molecular complexity index is 417. The molecule has 1 fully saturated rings. The van der Waals surface area contributed by atoms with E-state index < -0.39 is 11.6 Å². The summed E-state index contributed by atoms with van der Waals surface area (Å²) in [4.78, 5) is 2.35. The highest BCUT2D eigenvalue weighted by atomic mass is 19.2. The minimum atomic E-state index is -0.760. The van der Waals surface area contributed by atoms with Gasteiger partial charge in [0.25, 0.3) is 0 Å². The maximum absolute atomic E-state index is 14.0. The maximum atomic E-state index is 14.0. The number of hydrogen-bond acceptors (Lipinski definition) is 2. The van der Waals surface area contributed by atoms with Crippen LogP contribution < -0.4 is 5.32 Å². The quantitative estimate of drug-likeness (QED) is 0.859. The lowest BCUT2D eigenvalue weighted by Crippen LogP contribution is -2.38. The van der Waals surface area contributed by atoms with Crippen LogP contribution in [0.5, 0.6) is 0 Å². The highest BCUT2D eigenvalue weighted by Crippen LogP contribution is 2.22. The summed E-state index contributed by atoms with van der Waals surface area (Å²) in [7, 11) is 0.